The monoisotopic (exact) mass is 530 g/mol. The number of hydrogen-bond acceptors (Lipinski definition) is 4. The molecule has 0 bridgehead atoms. The molecule has 0 saturated heterocycles. The average Bonchev–Trinajstić information content (AvgIpc) is 2.64. The van der Waals surface area contributed by atoms with Crippen molar-refractivity contribution in [3.63, 3.8) is 0 Å². The Morgan fingerprint density at radius 3 is 2.52 bits per heavy atom. The van der Waals surface area contributed by atoms with Crippen molar-refractivity contribution in [2.24, 2.45) is 4.99 Å². The van der Waals surface area contributed by atoms with Crippen LogP contribution in [0.4, 0.5) is 4.39 Å². The zero-order valence-corrected chi connectivity index (χ0v) is 19.6. The van der Waals surface area contributed by atoms with Gasteiger partial charge < -0.3 is 10.6 Å². The summed E-state index contributed by atoms with van der Waals surface area (Å²) in [5.74, 6) is 0.100. The number of nitrogens with zero attached hydrogens (tertiary/aromatic N) is 2. The third kappa shape index (κ3) is 7.29. The van der Waals surface area contributed by atoms with Gasteiger partial charge in [-0.25, -0.2) is 17.8 Å². The van der Waals surface area contributed by atoms with Crippen LogP contribution < -0.4 is 10.6 Å². The van der Waals surface area contributed by atoms with Crippen LogP contribution in [0.15, 0.2) is 46.3 Å². The van der Waals surface area contributed by atoms with E-state index in [0.717, 1.165) is 5.56 Å². The summed E-state index contributed by atoms with van der Waals surface area (Å²) in [6.45, 7) is 4.80. The molecule has 2 rings (SSSR count). The summed E-state index contributed by atoms with van der Waals surface area (Å²) in [6.07, 6.45) is 1.18. The summed E-state index contributed by atoms with van der Waals surface area (Å²) in [5.41, 5.74) is 2.29. The molecule has 0 aromatic heterocycles. The zero-order valence-electron chi connectivity index (χ0n) is 16.5. The predicted molar refractivity (Wildman–Crippen MR) is 122 cm³/mol. The first-order valence-corrected chi connectivity index (χ1v) is 10.6. The first kappa shape index (κ1) is 24.8. The highest BCUT2D eigenvalue weighted by molar-refractivity contribution is 14.0. The Bertz CT molecular complexity index is 1030. The van der Waals surface area contributed by atoms with Gasteiger partial charge in [-0.1, -0.05) is 12.1 Å². The van der Waals surface area contributed by atoms with Crippen LogP contribution >= 0.6 is 24.0 Å². The van der Waals surface area contributed by atoms with Gasteiger partial charge in [-0.3, -0.25) is 0 Å². The van der Waals surface area contributed by atoms with Crippen molar-refractivity contribution in [1.29, 1.82) is 5.26 Å². The SMILES string of the molecule is CCNC(=NCc1ccc(S(C)(=O)=O)c(C)c1)NCc1cc(C#N)ccc1F.I. The van der Waals surface area contributed by atoms with E-state index in [0.29, 0.717) is 40.6 Å². The van der Waals surface area contributed by atoms with Crippen LogP contribution in [0.1, 0.15) is 29.2 Å². The molecular weight excluding hydrogens is 506 g/mol. The second kappa shape index (κ2) is 11.1. The van der Waals surface area contributed by atoms with E-state index in [1.165, 1.54) is 24.5 Å². The zero-order chi connectivity index (χ0) is 20.7. The molecule has 0 unspecified atom stereocenters. The third-order valence-electron chi connectivity index (χ3n) is 4.02. The Morgan fingerprint density at radius 1 is 1.21 bits per heavy atom. The van der Waals surface area contributed by atoms with Crippen LogP contribution in [0, 0.1) is 24.1 Å². The molecule has 2 aromatic rings. The van der Waals surface area contributed by atoms with Gasteiger partial charge in [0.25, 0.3) is 0 Å². The van der Waals surface area contributed by atoms with Crippen LogP contribution in [-0.2, 0) is 22.9 Å². The lowest BCUT2D eigenvalue weighted by Gasteiger charge is -2.12. The van der Waals surface area contributed by atoms with Crippen molar-refractivity contribution >= 4 is 39.8 Å². The molecule has 156 valence electrons. The molecule has 2 aromatic carbocycles. The van der Waals surface area contributed by atoms with E-state index in [2.05, 4.69) is 15.6 Å². The molecule has 0 amide bonds. The Morgan fingerprint density at radius 2 is 1.93 bits per heavy atom. The van der Waals surface area contributed by atoms with Crippen LogP contribution in [0.5, 0.6) is 0 Å². The maximum absolute atomic E-state index is 13.9. The smallest absolute Gasteiger partial charge is 0.191 e. The standard InChI is InChI=1S/C20H23FN4O2S.HI/c1-4-23-20(25-13-17-10-15(11-22)5-7-18(17)21)24-12-16-6-8-19(14(2)9-16)28(3,26)27;/h5-10H,4,12-13H2,1-3H3,(H2,23,24,25);1H. The van der Waals surface area contributed by atoms with Crippen molar-refractivity contribution < 1.29 is 12.8 Å². The summed E-state index contributed by atoms with van der Waals surface area (Å²) in [7, 11) is -3.26. The molecule has 29 heavy (non-hydrogen) atoms. The Balaban J connectivity index is 0.00000420. The van der Waals surface area contributed by atoms with Crippen LogP contribution in [0.2, 0.25) is 0 Å². The van der Waals surface area contributed by atoms with Crippen molar-refractivity contribution in [1.82, 2.24) is 10.6 Å². The molecule has 0 spiro atoms. The molecule has 0 aliphatic rings. The van der Waals surface area contributed by atoms with Gasteiger partial charge in [-0.15, -0.1) is 24.0 Å². The Kier molecular flexibility index (Phi) is 9.52. The molecule has 0 saturated carbocycles. The number of guanidine groups is 1. The van der Waals surface area contributed by atoms with Gasteiger partial charge in [-0.05, 0) is 49.2 Å². The molecule has 6 nitrogen and oxygen atoms in total. The summed E-state index contributed by atoms with van der Waals surface area (Å²) in [5, 5.41) is 15.1. The van der Waals surface area contributed by atoms with Gasteiger partial charge in [-0.2, -0.15) is 5.26 Å². The number of hydrogen-bond donors (Lipinski definition) is 2. The number of aryl methyl sites for hydroxylation is 1. The van der Waals surface area contributed by atoms with Gasteiger partial charge in [0.2, 0.25) is 0 Å². The fraction of sp³-hybridized carbons (Fsp3) is 0.300. The molecule has 0 atom stereocenters. The molecular formula is C20H24FIN4O2S. The Hall–Kier alpha value is -2.19. The fourth-order valence-corrected chi connectivity index (χ4v) is 3.66. The predicted octanol–water partition coefficient (Wildman–Crippen LogP) is 3.28. The minimum absolute atomic E-state index is 0. The van der Waals surface area contributed by atoms with E-state index in [1.54, 1.807) is 25.1 Å². The normalized spacial score (nSPS) is 11.3. The number of sulfone groups is 1. The van der Waals surface area contributed by atoms with Crippen LogP contribution in [0.3, 0.4) is 0 Å². The van der Waals surface area contributed by atoms with E-state index in [1.807, 2.05) is 13.0 Å². The van der Waals surface area contributed by atoms with Crippen LogP contribution in [-0.4, -0.2) is 27.2 Å². The number of nitrogens with one attached hydrogen (secondary N) is 2. The summed E-state index contributed by atoms with van der Waals surface area (Å²) >= 11 is 0. The highest BCUT2D eigenvalue weighted by Gasteiger charge is 2.11. The minimum Gasteiger partial charge on any atom is -0.357 e. The van der Waals surface area contributed by atoms with Gasteiger partial charge in [0.05, 0.1) is 23.1 Å². The lowest BCUT2D eigenvalue weighted by Crippen LogP contribution is -2.37. The van der Waals surface area contributed by atoms with Gasteiger partial charge in [0.1, 0.15) is 5.82 Å². The first-order valence-electron chi connectivity index (χ1n) is 8.75. The van der Waals surface area contributed by atoms with E-state index < -0.39 is 15.7 Å². The second-order valence-electron chi connectivity index (χ2n) is 6.34. The van der Waals surface area contributed by atoms with Gasteiger partial charge >= 0.3 is 0 Å². The summed E-state index contributed by atoms with van der Waals surface area (Å²) in [4.78, 5) is 4.77. The van der Waals surface area contributed by atoms with Gasteiger partial charge in [0, 0.05) is 24.9 Å². The fourth-order valence-electron chi connectivity index (χ4n) is 2.70. The van der Waals surface area contributed by atoms with Crippen LogP contribution in [0.25, 0.3) is 0 Å². The van der Waals surface area contributed by atoms with Crippen molar-refractivity contribution in [2.75, 3.05) is 12.8 Å². The largest absolute Gasteiger partial charge is 0.357 e. The average molecular weight is 530 g/mol. The number of benzene rings is 2. The number of aliphatic imine (C=N–C) groups is 1. The van der Waals surface area contributed by atoms with E-state index in [9.17, 15) is 12.8 Å². The molecule has 9 heteroatoms. The maximum atomic E-state index is 13.9. The third-order valence-corrected chi connectivity index (χ3v) is 5.28. The van der Waals surface area contributed by atoms with Crippen molar-refractivity contribution in [3.8, 4) is 6.07 Å². The van der Waals surface area contributed by atoms with Crippen molar-refractivity contribution in [3.05, 3.63) is 64.5 Å². The van der Waals surface area contributed by atoms with Crippen molar-refractivity contribution in [2.45, 2.75) is 31.8 Å². The lowest BCUT2D eigenvalue weighted by atomic mass is 10.1. The molecule has 0 aliphatic heterocycles. The van der Waals surface area contributed by atoms with E-state index >= 15 is 0 Å². The van der Waals surface area contributed by atoms with E-state index in [4.69, 9.17) is 5.26 Å². The number of halogens is 2. The highest BCUT2D eigenvalue weighted by Crippen LogP contribution is 2.17. The quantitative estimate of drug-likeness (QED) is 0.340. The topological polar surface area (TPSA) is 94.3 Å². The lowest BCUT2D eigenvalue weighted by molar-refractivity contribution is 0.601. The maximum Gasteiger partial charge on any atom is 0.191 e. The minimum atomic E-state index is -3.26. The molecule has 2 N–H and O–H groups in total. The number of nitriles is 1. The highest BCUT2D eigenvalue weighted by atomic mass is 127. The summed E-state index contributed by atoms with van der Waals surface area (Å²) in [6, 6.07) is 11.3. The second-order valence-corrected chi connectivity index (χ2v) is 8.32. The summed E-state index contributed by atoms with van der Waals surface area (Å²) < 4.78 is 37.3. The van der Waals surface area contributed by atoms with Gasteiger partial charge in [0.15, 0.2) is 15.8 Å². The molecule has 0 radical (unpaired) electrons. The molecule has 0 fully saturated rings. The number of rotatable bonds is 6. The molecule has 0 aliphatic carbocycles. The van der Waals surface area contributed by atoms with E-state index in [-0.39, 0.29) is 30.5 Å². The first-order chi connectivity index (χ1) is 13.2. The Labute approximate surface area is 188 Å². The molecule has 0 heterocycles.